The number of esters is 1. The summed E-state index contributed by atoms with van der Waals surface area (Å²) in [6.45, 7) is 4.61. The molecular weight excluding hydrogens is 741 g/mol. The van der Waals surface area contributed by atoms with Gasteiger partial charge in [-0.05, 0) is 78.2 Å². The number of cyclic esters (lactones) is 1. The van der Waals surface area contributed by atoms with Crippen molar-refractivity contribution in [3.05, 3.63) is 119 Å². The van der Waals surface area contributed by atoms with Crippen LogP contribution in [-0.2, 0) is 29.3 Å². The third-order valence-electron chi connectivity index (χ3n) is 11.4. The van der Waals surface area contributed by atoms with E-state index >= 15 is 9.59 Å². The number of rotatable bonds is 9. The van der Waals surface area contributed by atoms with Crippen LogP contribution in [0.5, 0.6) is 5.75 Å². The Labute approximate surface area is 335 Å². The number of ether oxygens (including phenoxy) is 3. The lowest BCUT2D eigenvalue weighted by Gasteiger charge is -2.44. The fourth-order valence-corrected chi connectivity index (χ4v) is 8.94. The van der Waals surface area contributed by atoms with Crippen LogP contribution >= 0.6 is 0 Å². The first-order valence-electron chi connectivity index (χ1n) is 19.3. The van der Waals surface area contributed by atoms with Crippen LogP contribution < -0.4 is 31.3 Å². The summed E-state index contributed by atoms with van der Waals surface area (Å²) in [7, 11) is 0. The van der Waals surface area contributed by atoms with Gasteiger partial charge in [-0.1, -0.05) is 54.3 Å². The number of anilines is 3. The average Bonchev–Trinajstić information content (AvgIpc) is 3.73. The Balaban J connectivity index is 1.29. The third-order valence-corrected chi connectivity index (χ3v) is 11.4. The van der Waals surface area contributed by atoms with Crippen molar-refractivity contribution in [3.8, 4) is 17.6 Å². The van der Waals surface area contributed by atoms with Crippen LogP contribution in [0.2, 0.25) is 0 Å². The van der Waals surface area contributed by atoms with Crippen LogP contribution in [0.1, 0.15) is 41.3 Å². The van der Waals surface area contributed by atoms with Crippen molar-refractivity contribution >= 4 is 40.9 Å². The zero-order valence-electron chi connectivity index (χ0n) is 31.9. The lowest BCUT2D eigenvalue weighted by molar-refractivity contribution is -0.175. The fourth-order valence-electron chi connectivity index (χ4n) is 8.94. The molecule has 3 saturated heterocycles. The van der Waals surface area contributed by atoms with Crippen LogP contribution in [-0.4, -0.2) is 92.0 Å². The highest BCUT2D eigenvalue weighted by molar-refractivity contribution is 6.13. The Morgan fingerprint density at radius 1 is 0.983 bits per heavy atom. The molecule has 0 aromatic heterocycles. The van der Waals surface area contributed by atoms with Gasteiger partial charge >= 0.3 is 12.0 Å². The maximum absolute atomic E-state index is 15.2. The molecule has 4 aliphatic rings. The number of morpholine rings is 2. The van der Waals surface area contributed by atoms with E-state index in [1.807, 2.05) is 78.6 Å². The van der Waals surface area contributed by atoms with E-state index in [1.54, 1.807) is 30.3 Å². The van der Waals surface area contributed by atoms with Crippen LogP contribution in [0.15, 0.2) is 97.1 Å². The second kappa shape index (κ2) is 16.2. The molecule has 1 spiro atoms. The standard InChI is InChI=1S/C44H44N6O8/c1-27-38(29-7-3-2-4-8-29)58-41(53)37-36(40(52)47-31-12-14-32(15-13-31)49-20-23-56-24-21-49)44(39(50(27)37)30-10-16-33(17-11-30)57-25-22-51)34-26-28(6-5-19-46-43(45)55)9-18-35(34)48-42(44)54/h2-4,7-18,26-27,36-39,51H,19-25H2,1H3,(H,47,52)(H,48,54)(H3,45,46,55)/t27-,36-,37-,38-,39+,44-/m1/s1. The molecule has 0 aliphatic carbocycles. The molecule has 4 aliphatic heterocycles. The molecule has 4 heterocycles. The number of nitrogens with two attached hydrogens (primary N) is 1. The van der Waals surface area contributed by atoms with E-state index in [1.165, 1.54) is 0 Å². The molecule has 3 fully saturated rings. The smallest absolute Gasteiger partial charge is 0.324 e. The predicted molar refractivity (Wildman–Crippen MR) is 215 cm³/mol. The zero-order chi connectivity index (χ0) is 40.4. The normalized spacial score (nSPS) is 24.8. The Morgan fingerprint density at radius 2 is 1.72 bits per heavy atom. The van der Waals surface area contributed by atoms with Gasteiger partial charge < -0.3 is 45.9 Å². The van der Waals surface area contributed by atoms with Gasteiger partial charge in [0.15, 0.2) is 0 Å². The van der Waals surface area contributed by atoms with Gasteiger partial charge in [0, 0.05) is 41.8 Å². The number of carbonyl (C=O) groups is 4. The molecule has 6 N–H and O–H groups in total. The van der Waals surface area contributed by atoms with E-state index < -0.39 is 59.4 Å². The highest BCUT2D eigenvalue weighted by atomic mass is 16.6. The highest BCUT2D eigenvalue weighted by Crippen LogP contribution is 2.62. The maximum Gasteiger partial charge on any atom is 0.324 e. The molecule has 4 amide bonds. The monoisotopic (exact) mass is 784 g/mol. The second-order valence-corrected chi connectivity index (χ2v) is 14.7. The first-order chi connectivity index (χ1) is 28.2. The molecule has 0 radical (unpaired) electrons. The molecule has 6 atom stereocenters. The summed E-state index contributed by atoms with van der Waals surface area (Å²) in [4.78, 5) is 60.6. The Hall–Kier alpha value is -6.40. The van der Waals surface area contributed by atoms with Gasteiger partial charge in [0.05, 0.1) is 38.3 Å². The van der Waals surface area contributed by atoms with E-state index in [4.69, 9.17) is 19.9 Å². The number of nitrogens with zero attached hydrogens (tertiary/aromatic N) is 2. The second-order valence-electron chi connectivity index (χ2n) is 14.7. The molecule has 8 rings (SSSR count). The van der Waals surface area contributed by atoms with Gasteiger partial charge in [-0.3, -0.25) is 19.3 Å². The van der Waals surface area contributed by atoms with Crippen LogP contribution in [0.25, 0.3) is 0 Å². The van der Waals surface area contributed by atoms with Crippen LogP contribution in [0, 0.1) is 17.8 Å². The molecule has 0 saturated carbocycles. The number of aliphatic hydroxyl groups excluding tert-OH is 1. The minimum atomic E-state index is -1.69. The molecule has 58 heavy (non-hydrogen) atoms. The van der Waals surface area contributed by atoms with Gasteiger partial charge in [-0.25, -0.2) is 4.79 Å². The number of amides is 4. The van der Waals surface area contributed by atoms with Gasteiger partial charge in [-0.2, -0.15) is 0 Å². The topological polar surface area (TPSA) is 185 Å². The van der Waals surface area contributed by atoms with Gasteiger partial charge in [-0.15, -0.1) is 0 Å². The molecule has 4 aromatic rings. The third kappa shape index (κ3) is 6.97. The number of aliphatic hydroxyl groups is 1. The number of benzene rings is 4. The summed E-state index contributed by atoms with van der Waals surface area (Å²) < 4.78 is 17.5. The number of hydrogen-bond acceptors (Lipinski definition) is 10. The number of fused-ring (bicyclic) bond motifs is 3. The summed E-state index contributed by atoms with van der Waals surface area (Å²) in [6.07, 6.45) is -0.718. The van der Waals surface area contributed by atoms with E-state index in [2.05, 4.69) is 32.7 Å². The minimum absolute atomic E-state index is 0.00247. The van der Waals surface area contributed by atoms with Crippen molar-refractivity contribution in [2.45, 2.75) is 36.6 Å². The number of urea groups is 1. The largest absolute Gasteiger partial charge is 0.491 e. The number of primary amides is 1. The van der Waals surface area contributed by atoms with Crippen molar-refractivity contribution in [1.29, 1.82) is 0 Å². The fraction of sp³-hybridized carbons (Fsp3) is 0.318. The summed E-state index contributed by atoms with van der Waals surface area (Å²) >= 11 is 0. The molecule has 298 valence electrons. The molecule has 0 unspecified atom stereocenters. The van der Waals surface area contributed by atoms with E-state index in [9.17, 15) is 14.7 Å². The molecule has 14 nitrogen and oxygen atoms in total. The first kappa shape index (κ1) is 38.5. The summed E-state index contributed by atoms with van der Waals surface area (Å²) in [5, 5.41) is 18.0. The van der Waals surface area contributed by atoms with Crippen LogP contribution in [0.3, 0.4) is 0 Å². The van der Waals surface area contributed by atoms with Crippen molar-refractivity contribution in [2.75, 3.05) is 61.6 Å². The van der Waals surface area contributed by atoms with E-state index in [-0.39, 0.29) is 19.8 Å². The number of nitrogens with one attached hydrogen (secondary N) is 3. The zero-order valence-corrected chi connectivity index (χ0v) is 31.9. The number of carbonyl (C=O) groups excluding carboxylic acids is 4. The Kier molecular flexibility index (Phi) is 10.8. The molecule has 0 bridgehead atoms. The predicted octanol–water partition coefficient (Wildman–Crippen LogP) is 3.47. The SMILES string of the molecule is C[C@@H]1[C@H](c2ccccc2)OC(=O)[C@H]2[C@H](C(=O)Nc3ccc(N4CCOCC4)cc3)[C@@]3(C(=O)Nc4ccc(C#CCNC(N)=O)cc43)[C@H](c3ccc(OCCO)cc3)N12. The van der Waals surface area contributed by atoms with Crippen molar-refractivity contribution in [1.82, 2.24) is 10.2 Å². The lowest BCUT2D eigenvalue weighted by atomic mass is 9.65. The molecule has 14 heteroatoms. The van der Waals surface area contributed by atoms with E-state index in [0.29, 0.717) is 47.0 Å². The summed E-state index contributed by atoms with van der Waals surface area (Å²) in [6, 6.07) is 26.0. The lowest BCUT2D eigenvalue weighted by Crippen LogP contribution is -2.55. The van der Waals surface area contributed by atoms with Crippen LogP contribution in [0.4, 0.5) is 21.9 Å². The maximum atomic E-state index is 15.2. The quantitative estimate of drug-likeness (QED) is 0.124. The van der Waals surface area contributed by atoms with Crippen molar-refractivity contribution in [2.24, 2.45) is 11.7 Å². The average molecular weight is 785 g/mol. The van der Waals surface area contributed by atoms with Gasteiger partial charge in [0.25, 0.3) is 0 Å². The van der Waals surface area contributed by atoms with Gasteiger partial charge in [0.1, 0.15) is 29.9 Å². The molecule has 4 aromatic carbocycles. The van der Waals surface area contributed by atoms with E-state index in [0.717, 1.165) is 24.3 Å². The first-order valence-corrected chi connectivity index (χ1v) is 19.3. The highest BCUT2D eigenvalue weighted by Gasteiger charge is 2.73. The van der Waals surface area contributed by atoms with Crippen molar-refractivity contribution in [3.63, 3.8) is 0 Å². The summed E-state index contributed by atoms with van der Waals surface area (Å²) in [5.41, 5.74) is 7.96. The van der Waals surface area contributed by atoms with Gasteiger partial charge in [0.2, 0.25) is 11.8 Å². The number of hydrogen-bond donors (Lipinski definition) is 5. The molecular formula is C44H44N6O8. The Bertz CT molecular complexity index is 2250. The summed E-state index contributed by atoms with van der Waals surface area (Å²) in [5.74, 6) is 3.52. The minimum Gasteiger partial charge on any atom is -0.491 e. The Morgan fingerprint density at radius 3 is 2.43 bits per heavy atom. The van der Waals surface area contributed by atoms with Crippen molar-refractivity contribution < 1.29 is 38.5 Å².